The van der Waals surface area contributed by atoms with Gasteiger partial charge in [0.05, 0.1) is 25.8 Å². The lowest BCUT2D eigenvalue weighted by Crippen LogP contribution is -2.38. The van der Waals surface area contributed by atoms with Crippen LogP contribution >= 0.6 is 0 Å². The summed E-state index contributed by atoms with van der Waals surface area (Å²) in [6.45, 7) is 2.31. The van der Waals surface area contributed by atoms with Crippen molar-refractivity contribution in [2.45, 2.75) is 13.3 Å². The van der Waals surface area contributed by atoms with Crippen LogP contribution < -0.4 is 4.74 Å². The standard InChI is InChI=1S/C15H18N2O5/c1-3-22-14(18)12-9-17(15(19)20)7-5-11(12)10-4-6-16-13(8-10)21-2/h4,6,8H,3,5,7,9H2,1-2H3,(H,19,20). The predicted molar refractivity (Wildman–Crippen MR) is 78.6 cm³/mol. The van der Waals surface area contributed by atoms with Gasteiger partial charge in [0, 0.05) is 18.8 Å². The molecule has 1 aliphatic rings. The third-order valence-electron chi connectivity index (χ3n) is 3.43. The number of rotatable bonds is 4. The lowest BCUT2D eigenvalue weighted by atomic mass is 9.94. The van der Waals surface area contributed by atoms with E-state index in [4.69, 9.17) is 14.6 Å². The minimum absolute atomic E-state index is 0.0220. The molecule has 0 saturated carbocycles. The van der Waals surface area contributed by atoms with Crippen LogP contribution in [0.5, 0.6) is 5.88 Å². The van der Waals surface area contributed by atoms with Gasteiger partial charge in [0.2, 0.25) is 5.88 Å². The van der Waals surface area contributed by atoms with E-state index in [9.17, 15) is 9.59 Å². The van der Waals surface area contributed by atoms with E-state index in [1.165, 1.54) is 12.0 Å². The Labute approximate surface area is 128 Å². The van der Waals surface area contributed by atoms with Crippen molar-refractivity contribution in [2.75, 3.05) is 26.8 Å². The van der Waals surface area contributed by atoms with Gasteiger partial charge in [-0.1, -0.05) is 0 Å². The molecular formula is C15H18N2O5. The van der Waals surface area contributed by atoms with E-state index < -0.39 is 12.1 Å². The molecule has 0 saturated heterocycles. The van der Waals surface area contributed by atoms with E-state index in [1.54, 1.807) is 25.3 Å². The monoisotopic (exact) mass is 306 g/mol. The van der Waals surface area contributed by atoms with Gasteiger partial charge in [-0.2, -0.15) is 0 Å². The van der Waals surface area contributed by atoms with Crippen molar-refractivity contribution < 1.29 is 24.2 Å². The van der Waals surface area contributed by atoms with Crippen LogP contribution in [0.25, 0.3) is 5.57 Å². The van der Waals surface area contributed by atoms with Gasteiger partial charge in [-0.25, -0.2) is 14.6 Å². The zero-order chi connectivity index (χ0) is 16.1. The van der Waals surface area contributed by atoms with Crippen LogP contribution in [0.2, 0.25) is 0 Å². The van der Waals surface area contributed by atoms with E-state index in [2.05, 4.69) is 4.98 Å². The Kier molecular flexibility index (Phi) is 4.98. The molecule has 1 amide bonds. The Balaban J connectivity index is 2.43. The first-order valence-corrected chi connectivity index (χ1v) is 6.94. The Morgan fingerprint density at radius 3 is 2.86 bits per heavy atom. The molecule has 7 heteroatoms. The molecular weight excluding hydrogens is 288 g/mol. The molecule has 1 aliphatic heterocycles. The smallest absolute Gasteiger partial charge is 0.407 e. The number of ether oxygens (including phenoxy) is 2. The quantitative estimate of drug-likeness (QED) is 0.853. The molecule has 1 aromatic rings. The number of nitrogens with zero attached hydrogens (tertiary/aromatic N) is 2. The summed E-state index contributed by atoms with van der Waals surface area (Å²) in [6, 6.07) is 3.50. The second kappa shape index (κ2) is 6.93. The van der Waals surface area contributed by atoms with Crippen LogP contribution in [0.1, 0.15) is 18.9 Å². The van der Waals surface area contributed by atoms with Crippen LogP contribution in [0.3, 0.4) is 0 Å². The van der Waals surface area contributed by atoms with Crippen LogP contribution in [0.4, 0.5) is 4.79 Å². The Morgan fingerprint density at radius 1 is 1.45 bits per heavy atom. The summed E-state index contributed by atoms with van der Waals surface area (Å²) >= 11 is 0. The Bertz CT molecular complexity index is 612. The number of hydrogen-bond donors (Lipinski definition) is 1. The normalized spacial score (nSPS) is 14.7. The highest BCUT2D eigenvalue weighted by atomic mass is 16.5. The molecule has 22 heavy (non-hydrogen) atoms. The van der Waals surface area contributed by atoms with Crippen molar-refractivity contribution in [3.63, 3.8) is 0 Å². The predicted octanol–water partition coefficient (Wildman–Crippen LogP) is 1.79. The zero-order valence-electron chi connectivity index (χ0n) is 12.5. The van der Waals surface area contributed by atoms with Crippen molar-refractivity contribution >= 4 is 17.6 Å². The van der Waals surface area contributed by atoms with E-state index in [0.29, 0.717) is 24.4 Å². The zero-order valence-corrected chi connectivity index (χ0v) is 12.5. The second-order valence-electron chi connectivity index (χ2n) is 4.72. The Morgan fingerprint density at radius 2 is 2.23 bits per heavy atom. The summed E-state index contributed by atoms with van der Waals surface area (Å²) in [5.41, 5.74) is 1.93. The highest BCUT2D eigenvalue weighted by Gasteiger charge is 2.28. The molecule has 0 spiro atoms. The van der Waals surface area contributed by atoms with Crippen LogP contribution in [0.15, 0.2) is 23.9 Å². The first-order chi connectivity index (χ1) is 10.6. The lowest BCUT2D eigenvalue weighted by Gasteiger charge is -2.28. The average Bonchev–Trinajstić information content (AvgIpc) is 2.54. The molecule has 0 radical (unpaired) electrons. The van der Waals surface area contributed by atoms with Crippen LogP contribution in [-0.4, -0.2) is 53.9 Å². The molecule has 0 aliphatic carbocycles. The number of aromatic nitrogens is 1. The van der Waals surface area contributed by atoms with E-state index >= 15 is 0 Å². The fraction of sp³-hybridized carbons (Fsp3) is 0.400. The Hall–Kier alpha value is -2.57. The van der Waals surface area contributed by atoms with Gasteiger partial charge >= 0.3 is 12.1 Å². The third-order valence-corrected chi connectivity index (χ3v) is 3.43. The summed E-state index contributed by atoms with van der Waals surface area (Å²) in [7, 11) is 1.51. The number of carbonyl (C=O) groups is 2. The number of esters is 1. The minimum atomic E-state index is -1.05. The summed E-state index contributed by atoms with van der Waals surface area (Å²) in [5, 5.41) is 9.13. The maximum absolute atomic E-state index is 12.2. The first-order valence-electron chi connectivity index (χ1n) is 6.94. The fourth-order valence-corrected chi connectivity index (χ4v) is 2.36. The number of amides is 1. The van der Waals surface area contributed by atoms with E-state index in [0.717, 1.165) is 11.1 Å². The summed E-state index contributed by atoms with van der Waals surface area (Å²) in [4.78, 5) is 28.5. The van der Waals surface area contributed by atoms with Crippen LogP contribution in [-0.2, 0) is 9.53 Å². The van der Waals surface area contributed by atoms with Crippen molar-refractivity contribution in [3.05, 3.63) is 29.5 Å². The summed E-state index contributed by atoms with van der Waals surface area (Å²) in [6.07, 6.45) is 0.981. The summed E-state index contributed by atoms with van der Waals surface area (Å²) < 4.78 is 10.1. The third kappa shape index (κ3) is 3.36. The average molecular weight is 306 g/mol. The molecule has 2 rings (SSSR count). The maximum atomic E-state index is 12.2. The van der Waals surface area contributed by atoms with Gasteiger partial charge in [0.1, 0.15) is 0 Å². The van der Waals surface area contributed by atoms with Crippen LogP contribution in [0, 0.1) is 0 Å². The lowest BCUT2D eigenvalue weighted by molar-refractivity contribution is -0.138. The van der Waals surface area contributed by atoms with Crippen molar-refractivity contribution in [1.82, 2.24) is 9.88 Å². The van der Waals surface area contributed by atoms with Crippen molar-refractivity contribution in [2.24, 2.45) is 0 Å². The van der Waals surface area contributed by atoms with Crippen molar-refractivity contribution in [3.8, 4) is 5.88 Å². The first kappa shape index (κ1) is 15.8. The molecule has 0 atom stereocenters. The van der Waals surface area contributed by atoms with Crippen molar-refractivity contribution in [1.29, 1.82) is 0 Å². The number of hydrogen-bond acceptors (Lipinski definition) is 5. The van der Waals surface area contributed by atoms with E-state index in [-0.39, 0.29) is 13.2 Å². The molecule has 118 valence electrons. The van der Waals surface area contributed by atoms with Gasteiger partial charge in [-0.3, -0.25) is 0 Å². The molecule has 2 heterocycles. The number of pyridine rings is 1. The molecule has 0 aromatic carbocycles. The molecule has 0 unspecified atom stereocenters. The van der Waals surface area contributed by atoms with Gasteiger partial charge in [-0.15, -0.1) is 0 Å². The molecule has 1 N–H and O–H groups in total. The van der Waals surface area contributed by atoms with Gasteiger partial charge in [0.15, 0.2) is 0 Å². The summed E-state index contributed by atoms with van der Waals surface area (Å²) in [5.74, 6) is -0.0481. The molecule has 7 nitrogen and oxygen atoms in total. The fourth-order valence-electron chi connectivity index (χ4n) is 2.36. The molecule has 1 aromatic heterocycles. The van der Waals surface area contributed by atoms with Gasteiger partial charge < -0.3 is 19.5 Å². The molecule has 0 bridgehead atoms. The minimum Gasteiger partial charge on any atom is -0.481 e. The van der Waals surface area contributed by atoms with Gasteiger partial charge in [-0.05, 0) is 30.5 Å². The highest BCUT2D eigenvalue weighted by Crippen LogP contribution is 2.29. The number of carboxylic acid groups (broad SMARTS) is 1. The topological polar surface area (TPSA) is 89.0 Å². The SMILES string of the molecule is CCOC(=O)C1=C(c2ccnc(OC)c2)CCN(C(=O)O)C1. The maximum Gasteiger partial charge on any atom is 0.407 e. The number of methoxy groups -OCH3 is 1. The second-order valence-corrected chi connectivity index (χ2v) is 4.72. The van der Waals surface area contributed by atoms with Gasteiger partial charge in [0.25, 0.3) is 0 Å². The molecule has 0 fully saturated rings. The highest BCUT2D eigenvalue weighted by molar-refractivity contribution is 5.99. The van der Waals surface area contributed by atoms with E-state index in [1.807, 2.05) is 0 Å². The largest absolute Gasteiger partial charge is 0.481 e. The number of carbonyl (C=O) groups excluding carboxylic acids is 1.